The minimum absolute atomic E-state index is 0.00362. The van der Waals surface area contributed by atoms with E-state index in [0.717, 1.165) is 0 Å². The molecule has 0 saturated heterocycles. The van der Waals surface area contributed by atoms with Crippen LogP contribution in [0.1, 0.15) is 29.8 Å². The fourth-order valence-corrected chi connectivity index (χ4v) is 3.18. The highest BCUT2D eigenvalue weighted by Gasteiger charge is 2.14. The standard InChI is InChI=1S/C19H20ClFN2O2S/c1-12(2)22-19(25)15-5-3-4-6-17(15)23-18(24)11-26-10-13-7-8-14(20)9-16(13)21/h3-9,12H,10-11H2,1-2H3,(H,22,25)(H,23,24). The number of carbonyl (C=O) groups excluding carboxylic acids is 2. The highest BCUT2D eigenvalue weighted by Crippen LogP contribution is 2.20. The summed E-state index contributed by atoms with van der Waals surface area (Å²) in [6, 6.07) is 11.3. The van der Waals surface area contributed by atoms with Crippen molar-refractivity contribution in [1.29, 1.82) is 0 Å². The van der Waals surface area contributed by atoms with Crippen molar-refractivity contribution in [2.75, 3.05) is 11.1 Å². The van der Waals surface area contributed by atoms with Crippen LogP contribution in [0.3, 0.4) is 0 Å². The average molecular weight is 395 g/mol. The van der Waals surface area contributed by atoms with Crippen LogP contribution in [0.2, 0.25) is 5.02 Å². The van der Waals surface area contributed by atoms with Crippen molar-refractivity contribution >= 4 is 40.9 Å². The van der Waals surface area contributed by atoms with Crippen molar-refractivity contribution in [1.82, 2.24) is 5.32 Å². The molecule has 26 heavy (non-hydrogen) atoms. The molecule has 0 heterocycles. The number of amides is 2. The third-order valence-corrected chi connectivity index (χ3v) is 4.59. The average Bonchev–Trinajstić information content (AvgIpc) is 2.56. The van der Waals surface area contributed by atoms with Crippen LogP contribution in [0.4, 0.5) is 10.1 Å². The van der Waals surface area contributed by atoms with Crippen LogP contribution in [-0.4, -0.2) is 23.6 Å². The molecule has 2 amide bonds. The Balaban J connectivity index is 1.92. The molecule has 2 aromatic carbocycles. The Morgan fingerprint density at radius 3 is 2.62 bits per heavy atom. The van der Waals surface area contributed by atoms with Crippen molar-refractivity contribution in [3.8, 4) is 0 Å². The van der Waals surface area contributed by atoms with Crippen molar-refractivity contribution in [2.24, 2.45) is 0 Å². The van der Waals surface area contributed by atoms with E-state index in [1.165, 1.54) is 17.8 Å². The van der Waals surface area contributed by atoms with Crippen LogP contribution in [0.25, 0.3) is 0 Å². The molecular formula is C19H20ClFN2O2S. The van der Waals surface area contributed by atoms with Gasteiger partial charge in [0.2, 0.25) is 5.91 Å². The van der Waals surface area contributed by atoms with Gasteiger partial charge in [0.1, 0.15) is 5.82 Å². The predicted molar refractivity (Wildman–Crippen MR) is 105 cm³/mol. The van der Waals surface area contributed by atoms with Gasteiger partial charge < -0.3 is 10.6 Å². The lowest BCUT2D eigenvalue weighted by molar-refractivity contribution is -0.113. The van der Waals surface area contributed by atoms with E-state index in [-0.39, 0.29) is 29.4 Å². The maximum absolute atomic E-state index is 13.7. The molecule has 0 aliphatic heterocycles. The lowest BCUT2D eigenvalue weighted by Gasteiger charge is -2.13. The van der Waals surface area contributed by atoms with Crippen molar-refractivity contribution in [3.05, 3.63) is 64.4 Å². The summed E-state index contributed by atoms with van der Waals surface area (Å²) in [7, 11) is 0. The maximum Gasteiger partial charge on any atom is 0.253 e. The molecule has 0 unspecified atom stereocenters. The first-order valence-corrected chi connectivity index (χ1v) is 9.61. The third-order valence-electron chi connectivity index (χ3n) is 3.37. The number of nitrogens with one attached hydrogen (secondary N) is 2. The monoisotopic (exact) mass is 394 g/mol. The summed E-state index contributed by atoms with van der Waals surface area (Å²) < 4.78 is 13.7. The lowest BCUT2D eigenvalue weighted by atomic mass is 10.1. The Hall–Kier alpha value is -2.05. The van der Waals surface area contributed by atoms with Gasteiger partial charge in [0.05, 0.1) is 17.0 Å². The van der Waals surface area contributed by atoms with Gasteiger partial charge in [-0.25, -0.2) is 4.39 Å². The van der Waals surface area contributed by atoms with Crippen LogP contribution in [-0.2, 0) is 10.5 Å². The summed E-state index contributed by atoms with van der Waals surface area (Å²) in [6.45, 7) is 3.73. The molecule has 0 aromatic heterocycles. The van der Waals surface area contributed by atoms with E-state index in [2.05, 4.69) is 10.6 Å². The second-order valence-corrected chi connectivity index (χ2v) is 7.37. The van der Waals surface area contributed by atoms with Crippen LogP contribution in [0, 0.1) is 5.82 Å². The molecule has 7 heteroatoms. The number of halogens is 2. The molecule has 0 radical (unpaired) electrons. The zero-order valence-electron chi connectivity index (χ0n) is 14.5. The molecule has 0 aliphatic carbocycles. The van der Waals surface area contributed by atoms with Gasteiger partial charge in [0, 0.05) is 16.8 Å². The first kappa shape index (κ1) is 20.3. The zero-order valence-corrected chi connectivity index (χ0v) is 16.1. The Bertz CT molecular complexity index is 799. The van der Waals surface area contributed by atoms with E-state index in [0.29, 0.717) is 27.6 Å². The molecule has 0 fully saturated rings. The van der Waals surface area contributed by atoms with Gasteiger partial charge in [-0.2, -0.15) is 0 Å². The lowest BCUT2D eigenvalue weighted by Crippen LogP contribution is -2.31. The Morgan fingerprint density at radius 2 is 1.92 bits per heavy atom. The molecule has 138 valence electrons. The van der Waals surface area contributed by atoms with Gasteiger partial charge in [-0.05, 0) is 43.7 Å². The summed E-state index contributed by atoms with van der Waals surface area (Å²) in [4.78, 5) is 24.4. The molecule has 0 bridgehead atoms. The van der Waals surface area contributed by atoms with E-state index in [4.69, 9.17) is 11.6 Å². The summed E-state index contributed by atoms with van der Waals surface area (Å²) in [6.07, 6.45) is 0. The van der Waals surface area contributed by atoms with E-state index in [1.54, 1.807) is 36.4 Å². The van der Waals surface area contributed by atoms with E-state index < -0.39 is 0 Å². The van der Waals surface area contributed by atoms with Gasteiger partial charge in [0.25, 0.3) is 5.91 Å². The maximum atomic E-state index is 13.7. The predicted octanol–water partition coefficient (Wildman–Crippen LogP) is 4.49. The molecular weight excluding hydrogens is 375 g/mol. The number of hydrogen-bond donors (Lipinski definition) is 2. The first-order valence-electron chi connectivity index (χ1n) is 8.08. The van der Waals surface area contributed by atoms with Crippen molar-refractivity contribution in [2.45, 2.75) is 25.6 Å². The quantitative estimate of drug-likeness (QED) is 0.727. The Labute approximate surface area is 161 Å². The van der Waals surface area contributed by atoms with Gasteiger partial charge in [-0.1, -0.05) is 29.8 Å². The Morgan fingerprint density at radius 1 is 1.19 bits per heavy atom. The first-order chi connectivity index (χ1) is 12.4. The summed E-state index contributed by atoms with van der Waals surface area (Å²) in [5.41, 5.74) is 1.35. The summed E-state index contributed by atoms with van der Waals surface area (Å²) in [5, 5.41) is 5.88. The van der Waals surface area contributed by atoms with E-state index >= 15 is 0 Å². The fourth-order valence-electron chi connectivity index (χ4n) is 2.21. The van der Waals surface area contributed by atoms with Gasteiger partial charge >= 0.3 is 0 Å². The van der Waals surface area contributed by atoms with Crippen LogP contribution >= 0.6 is 23.4 Å². The van der Waals surface area contributed by atoms with Crippen molar-refractivity contribution < 1.29 is 14.0 Å². The van der Waals surface area contributed by atoms with Crippen LogP contribution < -0.4 is 10.6 Å². The molecule has 4 nitrogen and oxygen atoms in total. The molecule has 2 rings (SSSR count). The van der Waals surface area contributed by atoms with Crippen molar-refractivity contribution in [3.63, 3.8) is 0 Å². The third kappa shape index (κ3) is 6.04. The number of para-hydroxylation sites is 1. The smallest absolute Gasteiger partial charge is 0.253 e. The number of thioether (sulfide) groups is 1. The molecule has 0 atom stereocenters. The molecule has 0 spiro atoms. The number of anilines is 1. The summed E-state index contributed by atoms with van der Waals surface area (Å²) >= 11 is 7.00. The van der Waals surface area contributed by atoms with E-state index in [9.17, 15) is 14.0 Å². The number of carbonyl (C=O) groups is 2. The highest BCUT2D eigenvalue weighted by molar-refractivity contribution is 7.99. The molecule has 2 N–H and O–H groups in total. The van der Waals surface area contributed by atoms with Gasteiger partial charge in [-0.15, -0.1) is 11.8 Å². The highest BCUT2D eigenvalue weighted by atomic mass is 35.5. The minimum Gasteiger partial charge on any atom is -0.350 e. The zero-order chi connectivity index (χ0) is 19.1. The molecule has 0 saturated carbocycles. The fraction of sp³-hybridized carbons (Fsp3) is 0.263. The minimum atomic E-state index is -0.388. The summed E-state index contributed by atoms with van der Waals surface area (Å²) in [5.74, 6) is -0.393. The van der Waals surface area contributed by atoms with Gasteiger partial charge in [-0.3, -0.25) is 9.59 Å². The van der Waals surface area contributed by atoms with E-state index in [1.807, 2.05) is 13.8 Å². The number of rotatable bonds is 7. The topological polar surface area (TPSA) is 58.2 Å². The molecule has 2 aromatic rings. The SMILES string of the molecule is CC(C)NC(=O)c1ccccc1NC(=O)CSCc1ccc(Cl)cc1F. The second-order valence-electron chi connectivity index (χ2n) is 5.95. The van der Waals surface area contributed by atoms with Crippen LogP contribution in [0.15, 0.2) is 42.5 Å². The second kappa shape index (κ2) is 9.59. The number of hydrogen-bond acceptors (Lipinski definition) is 3. The van der Waals surface area contributed by atoms with Gasteiger partial charge in [0.15, 0.2) is 0 Å². The van der Waals surface area contributed by atoms with Crippen LogP contribution in [0.5, 0.6) is 0 Å². The molecule has 0 aliphatic rings. The Kier molecular flexibility index (Phi) is 7.48. The number of benzene rings is 2. The normalized spacial score (nSPS) is 10.7. The largest absolute Gasteiger partial charge is 0.350 e.